The molecule has 1 saturated heterocycles. The molecule has 30 heavy (non-hydrogen) atoms. The van der Waals surface area contributed by atoms with E-state index in [2.05, 4.69) is 0 Å². The maximum Gasteiger partial charge on any atom is 0.229 e. The standard InChI is InChI=1S/C22H22O8/c1-27-21-18(11-23)30-22(20(26)19(21)25)29-16-9-5-3-7-13(16)17-10-14(24)12-6-2-4-8-15(12)28-17/h2-10,18-23,25-26H,11H2,1H3/t18-,19-,20-,21-,22-/m1/s1. The van der Waals surface area contributed by atoms with Crippen LogP contribution in [0.15, 0.2) is 63.8 Å². The monoisotopic (exact) mass is 414 g/mol. The van der Waals surface area contributed by atoms with E-state index in [1.165, 1.54) is 13.2 Å². The first-order valence-corrected chi connectivity index (χ1v) is 9.47. The van der Waals surface area contributed by atoms with E-state index >= 15 is 0 Å². The maximum atomic E-state index is 12.5. The molecule has 0 aliphatic carbocycles. The average molecular weight is 414 g/mol. The van der Waals surface area contributed by atoms with Gasteiger partial charge in [-0.2, -0.15) is 0 Å². The summed E-state index contributed by atoms with van der Waals surface area (Å²) in [6, 6.07) is 15.1. The van der Waals surface area contributed by atoms with Crippen LogP contribution in [0.2, 0.25) is 0 Å². The minimum absolute atomic E-state index is 0.200. The van der Waals surface area contributed by atoms with Crippen molar-refractivity contribution in [2.75, 3.05) is 13.7 Å². The Morgan fingerprint density at radius 2 is 1.77 bits per heavy atom. The Bertz CT molecular complexity index is 1080. The molecule has 1 aliphatic rings. The Morgan fingerprint density at radius 1 is 1.03 bits per heavy atom. The van der Waals surface area contributed by atoms with Crippen LogP contribution < -0.4 is 10.2 Å². The predicted octanol–water partition coefficient (Wildman–Crippen LogP) is 1.29. The lowest BCUT2D eigenvalue weighted by molar-refractivity contribution is -0.281. The number of methoxy groups -OCH3 is 1. The summed E-state index contributed by atoms with van der Waals surface area (Å²) in [5.74, 6) is 0.563. The summed E-state index contributed by atoms with van der Waals surface area (Å²) in [6.45, 7) is -0.427. The fourth-order valence-electron chi connectivity index (χ4n) is 3.58. The van der Waals surface area contributed by atoms with Gasteiger partial charge in [0.1, 0.15) is 41.5 Å². The number of ether oxygens (including phenoxy) is 3. The van der Waals surface area contributed by atoms with Gasteiger partial charge in [0.05, 0.1) is 17.6 Å². The summed E-state index contributed by atoms with van der Waals surface area (Å²) in [5, 5.41) is 30.8. The molecule has 8 nitrogen and oxygen atoms in total. The molecule has 158 valence electrons. The second-order valence-electron chi connectivity index (χ2n) is 6.99. The van der Waals surface area contributed by atoms with Crippen LogP contribution in [0.4, 0.5) is 0 Å². The average Bonchev–Trinajstić information content (AvgIpc) is 2.77. The molecule has 0 radical (unpaired) electrons. The van der Waals surface area contributed by atoms with Crippen LogP contribution in [-0.2, 0) is 9.47 Å². The zero-order valence-corrected chi connectivity index (χ0v) is 16.2. The first kappa shape index (κ1) is 20.5. The highest BCUT2D eigenvalue weighted by molar-refractivity contribution is 5.79. The van der Waals surface area contributed by atoms with Gasteiger partial charge in [-0.25, -0.2) is 0 Å². The summed E-state index contributed by atoms with van der Waals surface area (Å²) in [7, 11) is 1.35. The van der Waals surface area contributed by atoms with Crippen LogP contribution in [0.1, 0.15) is 0 Å². The molecule has 0 unspecified atom stereocenters. The van der Waals surface area contributed by atoms with Gasteiger partial charge in [-0.05, 0) is 24.3 Å². The van der Waals surface area contributed by atoms with Gasteiger partial charge in [0.2, 0.25) is 6.29 Å². The smallest absolute Gasteiger partial charge is 0.229 e. The van der Waals surface area contributed by atoms with Gasteiger partial charge >= 0.3 is 0 Å². The molecule has 0 spiro atoms. The summed E-state index contributed by atoms with van der Waals surface area (Å²) in [5.41, 5.74) is 0.705. The topological polar surface area (TPSA) is 119 Å². The molecule has 4 rings (SSSR count). The summed E-state index contributed by atoms with van der Waals surface area (Å²) < 4.78 is 22.5. The normalized spacial score (nSPS) is 26.6. The van der Waals surface area contributed by atoms with Crippen LogP contribution in [0, 0.1) is 0 Å². The lowest BCUT2D eigenvalue weighted by atomic mass is 9.99. The molecule has 1 fully saturated rings. The van der Waals surface area contributed by atoms with Gasteiger partial charge in [-0.1, -0.05) is 24.3 Å². The van der Waals surface area contributed by atoms with E-state index in [0.717, 1.165) is 0 Å². The summed E-state index contributed by atoms with van der Waals surface area (Å²) in [6.07, 6.45) is -5.80. The first-order valence-electron chi connectivity index (χ1n) is 9.47. The highest BCUT2D eigenvalue weighted by Crippen LogP contribution is 2.33. The fourth-order valence-corrected chi connectivity index (χ4v) is 3.58. The highest BCUT2D eigenvalue weighted by Gasteiger charge is 2.46. The second kappa shape index (κ2) is 8.55. The quantitative estimate of drug-likeness (QED) is 0.572. The number of fused-ring (bicyclic) bond motifs is 1. The van der Waals surface area contributed by atoms with Crippen molar-refractivity contribution in [3.63, 3.8) is 0 Å². The van der Waals surface area contributed by atoms with Crippen molar-refractivity contribution in [2.45, 2.75) is 30.7 Å². The molecule has 2 heterocycles. The van der Waals surface area contributed by atoms with E-state index < -0.39 is 37.3 Å². The van der Waals surface area contributed by atoms with Crippen molar-refractivity contribution in [1.82, 2.24) is 0 Å². The molecule has 5 atom stereocenters. The third-order valence-corrected chi connectivity index (χ3v) is 5.12. The number of hydrogen-bond acceptors (Lipinski definition) is 8. The molecule has 1 aliphatic heterocycles. The van der Waals surface area contributed by atoms with Crippen molar-refractivity contribution < 1.29 is 33.9 Å². The Balaban J connectivity index is 1.69. The van der Waals surface area contributed by atoms with Crippen LogP contribution in [0.25, 0.3) is 22.3 Å². The van der Waals surface area contributed by atoms with Gasteiger partial charge in [-0.3, -0.25) is 4.79 Å². The lowest BCUT2D eigenvalue weighted by Gasteiger charge is -2.41. The molecule has 2 aromatic carbocycles. The van der Waals surface area contributed by atoms with Crippen LogP contribution in [0.5, 0.6) is 5.75 Å². The largest absolute Gasteiger partial charge is 0.461 e. The number of aliphatic hydroxyl groups is 3. The van der Waals surface area contributed by atoms with Gasteiger partial charge < -0.3 is 33.9 Å². The second-order valence-corrected chi connectivity index (χ2v) is 6.99. The van der Waals surface area contributed by atoms with Gasteiger partial charge in [-0.15, -0.1) is 0 Å². The first-order chi connectivity index (χ1) is 14.5. The molecule has 0 amide bonds. The van der Waals surface area contributed by atoms with Gasteiger partial charge in [0.25, 0.3) is 0 Å². The Kier molecular flexibility index (Phi) is 5.85. The Labute approximate surface area is 171 Å². The maximum absolute atomic E-state index is 12.5. The highest BCUT2D eigenvalue weighted by atomic mass is 16.7. The van der Waals surface area contributed by atoms with Crippen molar-refractivity contribution in [1.29, 1.82) is 0 Å². The number of hydrogen-bond donors (Lipinski definition) is 3. The van der Waals surface area contributed by atoms with E-state index in [-0.39, 0.29) is 16.9 Å². The Morgan fingerprint density at radius 3 is 2.53 bits per heavy atom. The van der Waals surface area contributed by atoms with Crippen LogP contribution >= 0.6 is 0 Å². The minimum Gasteiger partial charge on any atom is -0.461 e. The summed E-state index contributed by atoms with van der Waals surface area (Å²) in [4.78, 5) is 12.5. The molecule has 3 aromatic rings. The van der Waals surface area contributed by atoms with Crippen LogP contribution in [0.3, 0.4) is 0 Å². The van der Waals surface area contributed by atoms with Gasteiger partial charge in [0, 0.05) is 13.2 Å². The lowest BCUT2D eigenvalue weighted by Crippen LogP contribution is -2.60. The van der Waals surface area contributed by atoms with Crippen molar-refractivity contribution in [3.8, 4) is 17.1 Å². The molecular weight excluding hydrogens is 392 g/mol. The fraction of sp³-hybridized carbons (Fsp3) is 0.318. The molecule has 0 bridgehead atoms. The predicted molar refractivity (Wildman–Crippen MR) is 107 cm³/mol. The van der Waals surface area contributed by atoms with Crippen molar-refractivity contribution in [2.24, 2.45) is 0 Å². The van der Waals surface area contributed by atoms with E-state index in [1.807, 2.05) is 0 Å². The van der Waals surface area contributed by atoms with Crippen molar-refractivity contribution >= 4 is 11.0 Å². The number of para-hydroxylation sites is 2. The summed E-state index contributed by atoms with van der Waals surface area (Å²) >= 11 is 0. The zero-order valence-electron chi connectivity index (χ0n) is 16.2. The van der Waals surface area contributed by atoms with Crippen LogP contribution in [-0.4, -0.2) is 59.7 Å². The van der Waals surface area contributed by atoms with Crippen molar-refractivity contribution in [3.05, 3.63) is 64.8 Å². The third-order valence-electron chi connectivity index (χ3n) is 5.12. The SMILES string of the molecule is CO[C@H]1[C@H](O)[C@@H](O)[C@H](Oc2ccccc2-c2cc(=O)c3ccccc3o2)O[C@@H]1CO. The van der Waals surface area contributed by atoms with E-state index in [9.17, 15) is 20.1 Å². The molecule has 3 N–H and O–H groups in total. The van der Waals surface area contributed by atoms with E-state index in [4.69, 9.17) is 18.6 Å². The molecule has 0 saturated carbocycles. The number of aliphatic hydroxyl groups excluding tert-OH is 3. The van der Waals surface area contributed by atoms with E-state index in [1.54, 1.807) is 48.5 Å². The van der Waals surface area contributed by atoms with E-state index in [0.29, 0.717) is 16.5 Å². The minimum atomic E-state index is -1.42. The molecule has 8 heteroatoms. The third kappa shape index (κ3) is 3.71. The number of rotatable bonds is 5. The molecule has 1 aromatic heterocycles. The Hall–Kier alpha value is -2.75. The number of benzene rings is 2. The van der Waals surface area contributed by atoms with Gasteiger partial charge in [0.15, 0.2) is 5.43 Å². The zero-order chi connectivity index (χ0) is 21.3. The molecular formula is C22H22O8.